The molecule has 0 aliphatic rings. The number of aromatic nitrogens is 2. The number of carbonyl (C=O) groups is 1. The molecule has 21 heavy (non-hydrogen) atoms. The van der Waals surface area contributed by atoms with Gasteiger partial charge in [0.05, 0.1) is 11.4 Å². The topological polar surface area (TPSA) is 55.1 Å². The van der Waals surface area contributed by atoms with Gasteiger partial charge < -0.3 is 5.11 Å². The van der Waals surface area contributed by atoms with Crippen LogP contribution in [0.2, 0.25) is 0 Å². The van der Waals surface area contributed by atoms with Gasteiger partial charge in [0, 0.05) is 5.41 Å². The molecule has 0 fully saturated rings. The molecule has 1 N–H and O–H groups in total. The van der Waals surface area contributed by atoms with Gasteiger partial charge in [-0.3, -0.25) is 0 Å². The van der Waals surface area contributed by atoms with Gasteiger partial charge in [0.2, 0.25) is 0 Å². The third-order valence-corrected chi connectivity index (χ3v) is 3.54. The van der Waals surface area contributed by atoms with Gasteiger partial charge in [-0.1, -0.05) is 38.5 Å². The standard InChI is InChI=1S/C17H22N2O2/c1-10-7-11(2)15(12(3)8-10)19-14(17(4,5)6)9-13(18-19)16(20)21/h7-9H,1-6H3,(H,20,21). The molecule has 0 atom stereocenters. The number of carboxylic acid groups (broad SMARTS) is 1. The summed E-state index contributed by atoms with van der Waals surface area (Å²) in [5.74, 6) is -0.998. The highest BCUT2D eigenvalue weighted by Gasteiger charge is 2.25. The fourth-order valence-corrected chi connectivity index (χ4v) is 2.70. The normalized spacial score (nSPS) is 11.7. The highest BCUT2D eigenvalue weighted by atomic mass is 16.4. The molecule has 112 valence electrons. The van der Waals surface area contributed by atoms with E-state index in [4.69, 9.17) is 0 Å². The summed E-state index contributed by atoms with van der Waals surface area (Å²) < 4.78 is 1.79. The van der Waals surface area contributed by atoms with Crippen molar-refractivity contribution >= 4 is 5.97 Å². The van der Waals surface area contributed by atoms with Gasteiger partial charge in [0.1, 0.15) is 0 Å². The molecule has 0 saturated carbocycles. The second-order valence-electron chi connectivity index (χ2n) is 6.63. The Hall–Kier alpha value is -2.10. The van der Waals surface area contributed by atoms with Crippen LogP contribution in [-0.2, 0) is 5.41 Å². The van der Waals surface area contributed by atoms with Gasteiger partial charge in [-0.15, -0.1) is 0 Å². The first-order valence-corrected chi connectivity index (χ1v) is 7.03. The van der Waals surface area contributed by atoms with Crippen molar-refractivity contribution in [1.29, 1.82) is 0 Å². The van der Waals surface area contributed by atoms with E-state index in [2.05, 4.69) is 44.9 Å². The van der Waals surface area contributed by atoms with Crippen molar-refractivity contribution in [3.63, 3.8) is 0 Å². The lowest BCUT2D eigenvalue weighted by molar-refractivity contribution is 0.0690. The van der Waals surface area contributed by atoms with Crippen LogP contribution in [0.25, 0.3) is 5.69 Å². The number of nitrogens with zero attached hydrogens (tertiary/aromatic N) is 2. The van der Waals surface area contributed by atoms with Crippen molar-refractivity contribution in [2.75, 3.05) is 0 Å². The molecular formula is C17H22N2O2. The largest absolute Gasteiger partial charge is 0.476 e. The highest BCUT2D eigenvalue weighted by Crippen LogP contribution is 2.29. The molecule has 0 amide bonds. The van der Waals surface area contributed by atoms with Crippen molar-refractivity contribution in [1.82, 2.24) is 9.78 Å². The number of rotatable bonds is 2. The van der Waals surface area contributed by atoms with Crippen LogP contribution in [0.3, 0.4) is 0 Å². The minimum absolute atomic E-state index is 0.0827. The maximum Gasteiger partial charge on any atom is 0.356 e. The average molecular weight is 286 g/mol. The summed E-state index contributed by atoms with van der Waals surface area (Å²) in [5.41, 5.74) is 5.14. The van der Waals surface area contributed by atoms with Crippen LogP contribution in [0.4, 0.5) is 0 Å². The Bertz CT molecular complexity index is 683. The summed E-state index contributed by atoms with van der Waals surface area (Å²) in [7, 11) is 0. The zero-order valence-electron chi connectivity index (χ0n) is 13.5. The van der Waals surface area contributed by atoms with Crippen LogP contribution < -0.4 is 0 Å². The summed E-state index contributed by atoms with van der Waals surface area (Å²) in [6.07, 6.45) is 0. The molecule has 0 radical (unpaired) electrons. The maximum atomic E-state index is 11.3. The summed E-state index contributed by atoms with van der Waals surface area (Å²) >= 11 is 0. The molecule has 2 rings (SSSR count). The number of hydrogen-bond acceptors (Lipinski definition) is 2. The number of hydrogen-bond donors (Lipinski definition) is 1. The number of benzene rings is 1. The fourth-order valence-electron chi connectivity index (χ4n) is 2.70. The summed E-state index contributed by atoms with van der Waals surface area (Å²) in [6.45, 7) is 12.3. The van der Waals surface area contributed by atoms with E-state index in [-0.39, 0.29) is 11.1 Å². The lowest BCUT2D eigenvalue weighted by Crippen LogP contribution is -2.18. The average Bonchev–Trinajstić information content (AvgIpc) is 2.71. The van der Waals surface area contributed by atoms with Crippen molar-refractivity contribution in [2.45, 2.75) is 47.0 Å². The molecule has 0 aliphatic heterocycles. The maximum absolute atomic E-state index is 11.3. The van der Waals surface area contributed by atoms with Crippen molar-refractivity contribution in [3.05, 3.63) is 46.3 Å². The van der Waals surface area contributed by atoms with E-state index in [1.54, 1.807) is 10.7 Å². The van der Waals surface area contributed by atoms with Gasteiger partial charge in [-0.2, -0.15) is 5.10 Å². The van der Waals surface area contributed by atoms with Crippen LogP contribution in [0, 0.1) is 20.8 Å². The third kappa shape index (κ3) is 2.84. The predicted octanol–water partition coefficient (Wildman–Crippen LogP) is 3.79. The summed E-state index contributed by atoms with van der Waals surface area (Å²) in [5, 5.41) is 13.6. The first kappa shape index (κ1) is 15.3. The molecule has 2 aromatic rings. The predicted molar refractivity (Wildman–Crippen MR) is 83.4 cm³/mol. The van der Waals surface area contributed by atoms with E-state index in [1.165, 1.54) is 5.56 Å². The Morgan fingerprint density at radius 3 is 2.05 bits per heavy atom. The van der Waals surface area contributed by atoms with Gasteiger partial charge in [-0.25, -0.2) is 9.48 Å². The molecule has 0 aliphatic carbocycles. The van der Waals surface area contributed by atoms with E-state index in [0.29, 0.717) is 0 Å². The second-order valence-corrected chi connectivity index (χ2v) is 6.63. The molecule has 1 aromatic carbocycles. The molecule has 0 spiro atoms. The minimum Gasteiger partial charge on any atom is -0.476 e. The third-order valence-electron chi connectivity index (χ3n) is 3.54. The second kappa shape index (κ2) is 5.02. The monoisotopic (exact) mass is 286 g/mol. The Labute approximate surface area is 125 Å². The summed E-state index contributed by atoms with van der Waals surface area (Å²) in [4.78, 5) is 11.3. The van der Waals surface area contributed by atoms with E-state index < -0.39 is 5.97 Å². The first-order valence-electron chi connectivity index (χ1n) is 7.03. The SMILES string of the molecule is Cc1cc(C)c(-n2nc(C(=O)O)cc2C(C)(C)C)c(C)c1. The minimum atomic E-state index is -0.998. The Balaban J connectivity index is 2.77. The number of aryl methyl sites for hydroxylation is 3. The van der Waals surface area contributed by atoms with Crippen LogP contribution >= 0.6 is 0 Å². The zero-order valence-corrected chi connectivity index (χ0v) is 13.5. The van der Waals surface area contributed by atoms with Gasteiger partial charge >= 0.3 is 5.97 Å². The Morgan fingerprint density at radius 1 is 1.10 bits per heavy atom. The molecule has 0 bridgehead atoms. The molecule has 4 heteroatoms. The van der Waals surface area contributed by atoms with E-state index >= 15 is 0 Å². The quantitative estimate of drug-likeness (QED) is 0.913. The van der Waals surface area contributed by atoms with Crippen LogP contribution in [0.1, 0.15) is 53.6 Å². The molecule has 1 heterocycles. The van der Waals surface area contributed by atoms with E-state index in [9.17, 15) is 9.90 Å². The molecule has 0 unspecified atom stereocenters. The first-order chi connectivity index (χ1) is 9.61. The van der Waals surface area contributed by atoms with Gasteiger partial charge in [0.15, 0.2) is 5.69 Å². The molecular weight excluding hydrogens is 264 g/mol. The van der Waals surface area contributed by atoms with Gasteiger partial charge in [-0.05, 0) is 38.0 Å². The number of aromatic carboxylic acids is 1. The highest BCUT2D eigenvalue weighted by molar-refractivity contribution is 5.85. The van der Waals surface area contributed by atoms with Crippen molar-refractivity contribution in [2.24, 2.45) is 0 Å². The Kier molecular flexibility index (Phi) is 3.66. The van der Waals surface area contributed by atoms with E-state index in [0.717, 1.165) is 22.5 Å². The lowest BCUT2D eigenvalue weighted by Gasteiger charge is -2.22. The van der Waals surface area contributed by atoms with E-state index in [1.807, 2.05) is 13.8 Å². The fraction of sp³-hybridized carbons (Fsp3) is 0.412. The van der Waals surface area contributed by atoms with Crippen LogP contribution in [-0.4, -0.2) is 20.9 Å². The van der Waals surface area contributed by atoms with Crippen molar-refractivity contribution < 1.29 is 9.90 Å². The molecule has 1 aromatic heterocycles. The van der Waals surface area contributed by atoms with Crippen LogP contribution in [0.15, 0.2) is 18.2 Å². The summed E-state index contributed by atoms with van der Waals surface area (Å²) in [6, 6.07) is 5.86. The van der Waals surface area contributed by atoms with Gasteiger partial charge in [0.25, 0.3) is 0 Å². The molecule has 0 saturated heterocycles. The zero-order chi connectivity index (χ0) is 15.9. The molecule has 4 nitrogen and oxygen atoms in total. The smallest absolute Gasteiger partial charge is 0.356 e. The van der Waals surface area contributed by atoms with Crippen molar-refractivity contribution in [3.8, 4) is 5.69 Å². The Morgan fingerprint density at radius 2 is 1.62 bits per heavy atom. The number of carboxylic acids is 1. The lowest BCUT2D eigenvalue weighted by atomic mass is 9.91. The van der Waals surface area contributed by atoms with Crippen LogP contribution in [0.5, 0.6) is 0 Å².